The standard InChI is InChI=1S/C17H22N4O3S/c1-12(2)21-25(23,24)11-15-7-5-4-6-14(15)9-20-17(22)16-10-18-13(3)8-19-16/h4-8,10,12,21H,9,11H2,1-3H3,(H,20,22). The van der Waals surface area contributed by atoms with Crippen LogP contribution in [-0.4, -0.2) is 30.3 Å². The molecule has 0 fully saturated rings. The Kier molecular flexibility index (Phi) is 6.22. The molecule has 0 aliphatic rings. The fraction of sp³-hybridized carbons (Fsp3) is 0.353. The Labute approximate surface area is 148 Å². The van der Waals surface area contributed by atoms with Crippen LogP contribution < -0.4 is 10.0 Å². The van der Waals surface area contributed by atoms with Crippen LogP contribution >= 0.6 is 0 Å². The Morgan fingerprint density at radius 2 is 1.80 bits per heavy atom. The van der Waals surface area contributed by atoms with Gasteiger partial charge in [0.25, 0.3) is 5.91 Å². The summed E-state index contributed by atoms with van der Waals surface area (Å²) < 4.78 is 26.8. The van der Waals surface area contributed by atoms with E-state index in [4.69, 9.17) is 0 Å². The van der Waals surface area contributed by atoms with Crippen molar-refractivity contribution >= 4 is 15.9 Å². The predicted octanol–water partition coefficient (Wildman–Crippen LogP) is 1.54. The minimum absolute atomic E-state index is 0.137. The first-order chi connectivity index (χ1) is 11.8. The molecule has 0 radical (unpaired) electrons. The molecule has 25 heavy (non-hydrogen) atoms. The van der Waals surface area contributed by atoms with Gasteiger partial charge in [-0.1, -0.05) is 24.3 Å². The lowest BCUT2D eigenvalue weighted by Crippen LogP contribution is -2.32. The van der Waals surface area contributed by atoms with Crippen LogP contribution in [0.15, 0.2) is 36.7 Å². The molecule has 2 rings (SSSR count). The van der Waals surface area contributed by atoms with Crippen molar-refractivity contribution in [2.45, 2.75) is 39.1 Å². The molecular formula is C17H22N4O3S. The fourth-order valence-electron chi connectivity index (χ4n) is 2.25. The highest BCUT2D eigenvalue weighted by molar-refractivity contribution is 7.88. The number of nitrogens with zero attached hydrogens (tertiary/aromatic N) is 2. The van der Waals surface area contributed by atoms with Crippen LogP contribution in [0.3, 0.4) is 0 Å². The van der Waals surface area contributed by atoms with Crippen molar-refractivity contribution in [3.05, 3.63) is 59.2 Å². The summed E-state index contributed by atoms with van der Waals surface area (Å²) in [7, 11) is -3.44. The number of hydrogen-bond acceptors (Lipinski definition) is 5. The van der Waals surface area contributed by atoms with Gasteiger partial charge < -0.3 is 5.32 Å². The Morgan fingerprint density at radius 3 is 2.40 bits per heavy atom. The summed E-state index contributed by atoms with van der Waals surface area (Å²) in [4.78, 5) is 20.2. The molecule has 1 heterocycles. The highest BCUT2D eigenvalue weighted by Gasteiger charge is 2.16. The van der Waals surface area contributed by atoms with Crippen molar-refractivity contribution in [3.63, 3.8) is 0 Å². The van der Waals surface area contributed by atoms with E-state index in [2.05, 4.69) is 20.0 Å². The van der Waals surface area contributed by atoms with Gasteiger partial charge in [-0.3, -0.25) is 9.78 Å². The molecule has 8 heteroatoms. The fourth-order valence-corrected chi connectivity index (χ4v) is 3.74. The predicted molar refractivity (Wildman–Crippen MR) is 95.3 cm³/mol. The molecule has 0 spiro atoms. The maximum atomic E-state index is 12.1. The summed E-state index contributed by atoms with van der Waals surface area (Å²) in [6, 6.07) is 6.95. The van der Waals surface area contributed by atoms with Gasteiger partial charge in [0.05, 0.1) is 17.6 Å². The number of carbonyl (C=O) groups is 1. The quantitative estimate of drug-likeness (QED) is 0.778. The van der Waals surface area contributed by atoms with E-state index in [0.717, 1.165) is 11.3 Å². The van der Waals surface area contributed by atoms with Crippen LogP contribution in [0.25, 0.3) is 0 Å². The monoisotopic (exact) mass is 362 g/mol. The Bertz CT molecular complexity index is 833. The van der Waals surface area contributed by atoms with Crippen molar-refractivity contribution in [1.82, 2.24) is 20.0 Å². The van der Waals surface area contributed by atoms with Gasteiger partial charge in [0, 0.05) is 18.8 Å². The molecule has 0 atom stereocenters. The third-order valence-corrected chi connectivity index (χ3v) is 4.85. The summed E-state index contributed by atoms with van der Waals surface area (Å²) >= 11 is 0. The van der Waals surface area contributed by atoms with E-state index >= 15 is 0 Å². The third kappa shape index (κ3) is 5.91. The normalized spacial score (nSPS) is 11.5. The van der Waals surface area contributed by atoms with E-state index in [1.54, 1.807) is 45.0 Å². The first kappa shape index (κ1) is 19.0. The van der Waals surface area contributed by atoms with Crippen molar-refractivity contribution in [1.29, 1.82) is 0 Å². The van der Waals surface area contributed by atoms with E-state index in [-0.39, 0.29) is 29.9 Å². The zero-order chi connectivity index (χ0) is 18.4. The van der Waals surface area contributed by atoms with E-state index in [1.807, 2.05) is 0 Å². The molecule has 1 amide bonds. The van der Waals surface area contributed by atoms with Gasteiger partial charge in [0.1, 0.15) is 5.69 Å². The van der Waals surface area contributed by atoms with Crippen molar-refractivity contribution in [2.24, 2.45) is 0 Å². The van der Waals surface area contributed by atoms with E-state index in [0.29, 0.717) is 5.56 Å². The second-order valence-electron chi connectivity index (χ2n) is 6.03. The molecule has 1 aromatic heterocycles. The topological polar surface area (TPSA) is 101 Å². The number of amides is 1. The van der Waals surface area contributed by atoms with Crippen LogP contribution in [0, 0.1) is 6.92 Å². The van der Waals surface area contributed by atoms with Crippen LogP contribution in [0.1, 0.15) is 41.2 Å². The molecule has 134 valence electrons. The van der Waals surface area contributed by atoms with Crippen LogP contribution in [0.5, 0.6) is 0 Å². The highest BCUT2D eigenvalue weighted by atomic mass is 32.2. The molecule has 0 aliphatic heterocycles. The lowest BCUT2D eigenvalue weighted by atomic mass is 10.1. The molecule has 0 saturated heterocycles. The summed E-state index contributed by atoms with van der Waals surface area (Å²) in [5.74, 6) is -0.493. The van der Waals surface area contributed by atoms with Crippen molar-refractivity contribution in [3.8, 4) is 0 Å². The molecule has 2 aromatic rings. The number of nitrogens with one attached hydrogen (secondary N) is 2. The largest absolute Gasteiger partial charge is 0.347 e. The molecule has 0 saturated carbocycles. The lowest BCUT2D eigenvalue weighted by Gasteiger charge is -2.13. The Hall–Kier alpha value is -2.32. The van der Waals surface area contributed by atoms with Gasteiger partial charge >= 0.3 is 0 Å². The first-order valence-electron chi connectivity index (χ1n) is 7.90. The number of benzene rings is 1. The van der Waals surface area contributed by atoms with E-state index in [9.17, 15) is 13.2 Å². The third-order valence-electron chi connectivity index (χ3n) is 3.33. The second kappa shape index (κ2) is 8.17. The number of hydrogen-bond donors (Lipinski definition) is 2. The number of carbonyl (C=O) groups excluding carboxylic acids is 1. The Morgan fingerprint density at radius 1 is 1.12 bits per heavy atom. The second-order valence-corrected chi connectivity index (χ2v) is 7.78. The SMILES string of the molecule is Cc1cnc(C(=O)NCc2ccccc2CS(=O)(=O)NC(C)C)cn1. The molecule has 0 unspecified atom stereocenters. The molecule has 2 N–H and O–H groups in total. The minimum Gasteiger partial charge on any atom is -0.347 e. The zero-order valence-electron chi connectivity index (χ0n) is 14.5. The van der Waals surface area contributed by atoms with Gasteiger partial charge in [0.15, 0.2) is 0 Å². The number of aromatic nitrogens is 2. The smallest absolute Gasteiger partial charge is 0.271 e. The van der Waals surface area contributed by atoms with Gasteiger partial charge in [-0.15, -0.1) is 0 Å². The summed E-state index contributed by atoms with van der Waals surface area (Å²) in [6.07, 6.45) is 2.93. The zero-order valence-corrected chi connectivity index (χ0v) is 15.3. The average molecular weight is 362 g/mol. The molecule has 0 bridgehead atoms. The molecule has 1 aromatic carbocycles. The van der Waals surface area contributed by atoms with Crippen LogP contribution in [0.4, 0.5) is 0 Å². The summed E-state index contributed by atoms with van der Waals surface area (Å²) in [5.41, 5.74) is 2.33. The van der Waals surface area contributed by atoms with Crippen molar-refractivity contribution < 1.29 is 13.2 Å². The van der Waals surface area contributed by atoms with Crippen molar-refractivity contribution in [2.75, 3.05) is 0 Å². The average Bonchev–Trinajstić information content (AvgIpc) is 2.52. The van der Waals surface area contributed by atoms with E-state index < -0.39 is 10.0 Å². The highest BCUT2D eigenvalue weighted by Crippen LogP contribution is 2.12. The molecule has 7 nitrogen and oxygen atoms in total. The van der Waals surface area contributed by atoms with Gasteiger partial charge in [-0.05, 0) is 31.9 Å². The summed E-state index contributed by atoms with van der Waals surface area (Å²) in [6.45, 7) is 5.54. The van der Waals surface area contributed by atoms with Crippen LogP contribution in [-0.2, 0) is 22.3 Å². The van der Waals surface area contributed by atoms with Gasteiger partial charge in [-0.2, -0.15) is 0 Å². The maximum Gasteiger partial charge on any atom is 0.271 e. The molecule has 0 aliphatic carbocycles. The molecular weight excluding hydrogens is 340 g/mol. The number of sulfonamides is 1. The number of aryl methyl sites for hydroxylation is 1. The Balaban J connectivity index is 2.08. The first-order valence-corrected chi connectivity index (χ1v) is 9.55. The number of rotatable bonds is 7. The lowest BCUT2D eigenvalue weighted by molar-refractivity contribution is 0.0945. The van der Waals surface area contributed by atoms with E-state index in [1.165, 1.54) is 12.4 Å². The maximum absolute atomic E-state index is 12.1. The minimum atomic E-state index is -3.44. The van der Waals surface area contributed by atoms with Crippen LogP contribution in [0.2, 0.25) is 0 Å². The summed E-state index contributed by atoms with van der Waals surface area (Å²) in [5, 5.41) is 2.74. The van der Waals surface area contributed by atoms with Gasteiger partial charge in [0.2, 0.25) is 10.0 Å². The van der Waals surface area contributed by atoms with Gasteiger partial charge in [-0.25, -0.2) is 18.1 Å².